The first kappa shape index (κ1) is 24.1. The van der Waals surface area contributed by atoms with Crippen LogP contribution in [0.5, 0.6) is 0 Å². The third-order valence-corrected chi connectivity index (χ3v) is 7.95. The summed E-state index contributed by atoms with van der Waals surface area (Å²) in [7, 11) is 0. The molecule has 0 radical (unpaired) electrons. The molecule has 188 valence electrons. The number of aromatic nitrogens is 1. The average molecular weight is 487 g/mol. The third kappa shape index (κ3) is 5.32. The molecule has 2 bridgehead atoms. The van der Waals surface area contributed by atoms with Gasteiger partial charge >= 0.3 is 6.18 Å². The molecule has 8 heteroatoms. The summed E-state index contributed by atoms with van der Waals surface area (Å²) in [5, 5.41) is 0. The van der Waals surface area contributed by atoms with Gasteiger partial charge in [0, 0.05) is 44.5 Å². The molecule has 1 amide bonds. The highest BCUT2D eigenvalue weighted by molar-refractivity contribution is 5.84. The van der Waals surface area contributed by atoms with E-state index in [1.165, 1.54) is 12.5 Å². The average Bonchev–Trinajstić information content (AvgIpc) is 3.12. The van der Waals surface area contributed by atoms with Crippen molar-refractivity contribution in [3.63, 3.8) is 0 Å². The van der Waals surface area contributed by atoms with E-state index in [1.807, 2.05) is 23.1 Å². The zero-order valence-corrected chi connectivity index (χ0v) is 20.0. The van der Waals surface area contributed by atoms with Crippen LogP contribution in [0.25, 0.3) is 0 Å². The number of hydrogen-bond acceptors (Lipinski definition) is 4. The number of pyridine rings is 1. The number of piperidine rings is 1. The molecule has 3 aliphatic heterocycles. The number of fused-ring (bicyclic) bond motifs is 2. The van der Waals surface area contributed by atoms with E-state index in [4.69, 9.17) is 0 Å². The molecule has 3 saturated heterocycles. The largest absolute Gasteiger partial charge is 0.417 e. The third-order valence-electron chi connectivity index (χ3n) is 7.95. The van der Waals surface area contributed by atoms with Crippen molar-refractivity contribution in [2.75, 3.05) is 37.6 Å². The number of hydrogen-bond donors (Lipinski definition) is 0. The number of anilines is 1. The van der Waals surface area contributed by atoms with Gasteiger partial charge in [0.2, 0.25) is 5.91 Å². The van der Waals surface area contributed by atoms with Crippen LogP contribution >= 0.6 is 0 Å². The molecule has 3 atom stereocenters. The standard InChI is InChI=1S/C27H33F3N4O/c28-27(29,30)21-9-12-25(31-19-21)33-17-15-32(16-18-33)14-13-24(20-5-2-1-3-6-20)26(35)34-22-7-4-8-23(34)11-10-22/h1-3,5-6,9,12,19,22-24H,4,7-8,10-11,13-18H2. The van der Waals surface area contributed by atoms with E-state index >= 15 is 0 Å². The summed E-state index contributed by atoms with van der Waals surface area (Å²) >= 11 is 0. The molecule has 3 aliphatic rings. The summed E-state index contributed by atoms with van der Waals surface area (Å²) in [6.45, 7) is 3.83. The predicted molar refractivity (Wildman–Crippen MR) is 129 cm³/mol. The van der Waals surface area contributed by atoms with Crippen LogP contribution in [0.1, 0.15) is 55.6 Å². The SMILES string of the molecule is O=C(C(CCN1CCN(c2ccc(C(F)(F)F)cn2)CC1)c1ccccc1)N1C2CCCC1CC2. The van der Waals surface area contributed by atoms with Crippen LogP contribution in [0, 0.1) is 0 Å². The van der Waals surface area contributed by atoms with E-state index in [0.717, 1.165) is 69.6 Å². The molecule has 0 aliphatic carbocycles. The normalized spacial score (nSPS) is 24.0. The van der Waals surface area contributed by atoms with E-state index in [1.54, 1.807) is 0 Å². The second kappa shape index (κ2) is 10.2. The molecule has 3 unspecified atom stereocenters. The van der Waals surface area contributed by atoms with Crippen molar-refractivity contribution in [3.8, 4) is 0 Å². The lowest BCUT2D eigenvalue weighted by Gasteiger charge is -2.39. The zero-order chi connectivity index (χ0) is 24.4. The number of benzene rings is 1. The summed E-state index contributed by atoms with van der Waals surface area (Å²) in [6, 6.07) is 13.5. The predicted octanol–water partition coefficient (Wildman–Crippen LogP) is 4.94. The van der Waals surface area contributed by atoms with Crippen LogP contribution in [0.3, 0.4) is 0 Å². The van der Waals surface area contributed by atoms with E-state index in [2.05, 4.69) is 26.9 Å². The summed E-state index contributed by atoms with van der Waals surface area (Å²) < 4.78 is 38.5. The fraction of sp³-hybridized carbons (Fsp3) is 0.556. The Morgan fingerprint density at radius 1 is 0.943 bits per heavy atom. The Hall–Kier alpha value is -2.61. The van der Waals surface area contributed by atoms with Crippen LogP contribution < -0.4 is 4.90 Å². The molecule has 0 N–H and O–H groups in total. The molecule has 35 heavy (non-hydrogen) atoms. The topological polar surface area (TPSA) is 39.7 Å². The lowest BCUT2D eigenvalue weighted by Crippen LogP contribution is -2.48. The monoisotopic (exact) mass is 486 g/mol. The first-order chi connectivity index (χ1) is 16.9. The van der Waals surface area contributed by atoms with Gasteiger partial charge in [-0.05, 0) is 62.8 Å². The number of carbonyl (C=O) groups is 1. The molecule has 2 aromatic rings. The maximum absolute atomic E-state index is 13.8. The Labute approximate surface area is 204 Å². The highest BCUT2D eigenvalue weighted by Gasteiger charge is 2.42. The van der Waals surface area contributed by atoms with Gasteiger partial charge < -0.3 is 9.80 Å². The minimum Gasteiger partial charge on any atom is -0.354 e. The number of amides is 1. The fourth-order valence-electron chi connectivity index (χ4n) is 6.03. The Morgan fingerprint density at radius 3 is 2.23 bits per heavy atom. The van der Waals surface area contributed by atoms with Gasteiger partial charge in [-0.2, -0.15) is 13.2 Å². The number of rotatable bonds is 6. The van der Waals surface area contributed by atoms with E-state index < -0.39 is 11.7 Å². The number of piperazine rings is 1. The van der Waals surface area contributed by atoms with Crippen molar-refractivity contribution in [2.24, 2.45) is 0 Å². The summed E-state index contributed by atoms with van der Waals surface area (Å²) in [6.07, 6.45) is 3.07. The number of carbonyl (C=O) groups excluding carboxylic acids is 1. The Balaban J connectivity index is 1.20. The lowest BCUT2D eigenvalue weighted by atomic mass is 9.91. The van der Waals surface area contributed by atoms with Gasteiger partial charge in [0.05, 0.1) is 11.5 Å². The van der Waals surface area contributed by atoms with Gasteiger partial charge in [-0.3, -0.25) is 9.69 Å². The van der Waals surface area contributed by atoms with Crippen molar-refractivity contribution in [3.05, 3.63) is 59.8 Å². The second-order valence-corrected chi connectivity index (χ2v) is 10.0. The van der Waals surface area contributed by atoms with Gasteiger partial charge in [-0.15, -0.1) is 0 Å². The highest BCUT2D eigenvalue weighted by Crippen LogP contribution is 2.38. The summed E-state index contributed by atoms with van der Waals surface area (Å²) in [5.74, 6) is 0.735. The Kier molecular flexibility index (Phi) is 7.00. The second-order valence-electron chi connectivity index (χ2n) is 10.0. The van der Waals surface area contributed by atoms with Gasteiger partial charge in [-0.25, -0.2) is 4.98 Å². The van der Waals surface area contributed by atoms with E-state index in [0.29, 0.717) is 31.0 Å². The van der Waals surface area contributed by atoms with Crippen LogP contribution in [-0.4, -0.2) is 65.5 Å². The molecule has 4 heterocycles. The molecular weight excluding hydrogens is 453 g/mol. The summed E-state index contributed by atoms with van der Waals surface area (Å²) in [4.78, 5) is 24.4. The number of halogens is 3. The van der Waals surface area contributed by atoms with Crippen molar-refractivity contribution >= 4 is 11.7 Å². The van der Waals surface area contributed by atoms with Gasteiger partial charge in [0.15, 0.2) is 0 Å². The molecule has 5 nitrogen and oxygen atoms in total. The van der Waals surface area contributed by atoms with E-state index in [9.17, 15) is 18.0 Å². The summed E-state index contributed by atoms with van der Waals surface area (Å²) in [5.41, 5.74) is 0.369. The Morgan fingerprint density at radius 2 is 1.63 bits per heavy atom. The van der Waals surface area contributed by atoms with Crippen LogP contribution in [0.2, 0.25) is 0 Å². The zero-order valence-electron chi connectivity index (χ0n) is 20.0. The smallest absolute Gasteiger partial charge is 0.354 e. The Bertz CT molecular complexity index is 974. The van der Waals surface area contributed by atoms with Crippen molar-refractivity contribution in [1.29, 1.82) is 0 Å². The van der Waals surface area contributed by atoms with Crippen molar-refractivity contribution in [2.45, 2.75) is 62.7 Å². The molecule has 0 saturated carbocycles. The fourth-order valence-corrected chi connectivity index (χ4v) is 6.03. The van der Waals surface area contributed by atoms with Crippen molar-refractivity contribution < 1.29 is 18.0 Å². The van der Waals surface area contributed by atoms with Gasteiger partial charge in [0.25, 0.3) is 0 Å². The minimum atomic E-state index is -4.37. The molecule has 5 rings (SSSR count). The maximum Gasteiger partial charge on any atom is 0.417 e. The minimum absolute atomic E-state index is 0.132. The van der Waals surface area contributed by atoms with Crippen LogP contribution in [0.4, 0.5) is 19.0 Å². The first-order valence-corrected chi connectivity index (χ1v) is 12.8. The lowest BCUT2D eigenvalue weighted by molar-refractivity contribution is -0.138. The van der Waals surface area contributed by atoms with Crippen LogP contribution in [0.15, 0.2) is 48.7 Å². The molecule has 1 aromatic heterocycles. The molecule has 1 aromatic carbocycles. The number of nitrogens with zero attached hydrogens (tertiary/aromatic N) is 4. The first-order valence-electron chi connectivity index (χ1n) is 12.8. The maximum atomic E-state index is 13.8. The van der Waals surface area contributed by atoms with Crippen molar-refractivity contribution in [1.82, 2.24) is 14.8 Å². The van der Waals surface area contributed by atoms with Crippen LogP contribution in [-0.2, 0) is 11.0 Å². The van der Waals surface area contributed by atoms with Gasteiger partial charge in [-0.1, -0.05) is 30.3 Å². The number of alkyl halides is 3. The van der Waals surface area contributed by atoms with E-state index in [-0.39, 0.29) is 11.8 Å². The van der Waals surface area contributed by atoms with Gasteiger partial charge in [0.1, 0.15) is 5.82 Å². The molecule has 3 fully saturated rings. The molecular formula is C27H33F3N4O. The highest BCUT2D eigenvalue weighted by atomic mass is 19.4. The molecule has 0 spiro atoms. The quantitative estimate of drug-likeness (QED) is 0.580.